The molecular formula is C24H25N5O2S. The molecule has 0 spiro atoms. The van der Waals surface area contributed by atoms with Gasteiger partial charge in [0.05, 0.1) is 18.5 Å². The second-order valence-corrected chi connectivity index (χ2v) is 8.64. The number of hydrogen-bond donors (Lipinski definition) is 1. The summed E-state index contributed by atoms with van der Waals surface area (Å²) in [6, 6.07) is 15.7. The van der Waals surface area contributed by atoms with E-state index in [2.05, 4.69) is 15.4 Å². The number of anilines is 1. The molecule has 0 aliphatic rings. The number of hydrogen-bond acceptors (Lipinski definition) is 5. The van der Waals surface area contributed by atoms with Crippen molar-refractivity contribution in [2.24, 2.45) is 0 Å². The molecular weight excluding hydrogens is 422 g/mol. The molecule has 0 atom stereocenters. The van der Waals surface area contributed by atoms with Crippen LogP contribution in [0.3, 0.4) is 0 Å². The van der Waals surface area contributed by atoms with Crippen molar-refractivity contribution in [1.82, 2.24) is 19.3 Å². The van der Waals surface area contributed by atoms with Crippen molar-refractivity contribution in [3.63, 3.8) is 0 Å². The van der Waals surface area contributed by atoms with E-state index in [0.717, 1.165) is 22.4 Å². The van der Waals surface area contributed by atoms with E-state index in [1.165, 1.54) is 11.8 Å². The molecule has 2 aromatic heterocycles. The van der Waals surface area contributed by atoms with Crippen LogP contribution in [-0.4, -0.2) is 31.0 Å². The van der Waals surface area contributed by atoms with Gasteiger partial charge < -0.3 is 5.32 Å². The molecule has 0 aliphatic heterocycles. The summed E-state index contributed by atoms with van der Waals surface area (Å²) >= 11 is 1.25. The second kappa shape index (κ2) is 9.40. The minimum atomic E-state index is -0.204. The minimum absolute atomic E-state index is 0.141. The SMILES string of the molecule is CCn1cc2nc(SCC(=O)Nc3cccc(C)c3)n(Cc3ccc(C)cc3)c(=O)c2n1. The van der Waals surface area contributed by atoms with Gasteiger partial charge in [0, 0.05) is 12.2 Å². The summed E-state index contributed by atoms with van der Waals surface area (Å²) in [7, 11) is 0. The maximum Gasteiger partial charge on any atom is 0.282 e. The fraction of sp³-hybridized carbons (Fsp3) is 0.250. The van der Waals surface area contributed by atoms with Gasteiger partial charge in [-0.15, -0.1) is 0 Å². The van der Waals surface area contributed by atoms with Crippen LogP contribution in [0, 0.1) is 13.8 Å². The third-order valence-electron chi connectivity index (χ3n) is 5.06. The first-order chi connectivity index (χ1) is 15.4. The topological polar surface area (TPSA) is 81.8 Å². The van der Waals surface area contributed by atoms with Crippen molar-refractivity contribution >= 4 is 34.4 Å². The van der Waals surface area contributed by atoms with Crippen molar-refractivity contribution in [3.05, 3.63) is 81.8 Å². The lowest BCUT2D eigenvalue weighted by Crippen LogP contribution is -2.25. The molecule has 1 N–H and O–H groups in total. The maximum absolute atomic E-state index is 13.3. The largest absolute Gasteiger partial charge is 0.325 e. The van der Waals surface area contributed by atoms with E-state index < -0.39 is 0 Å². The Morgan fingerprint density at radius 2 is 1.88 bits per heavy atom. The predicted molar refractivity (Wildman–Crippen MR) is 128 cm³/mol. The van der Waals surface area contributed by atoms with Gasteiger partial charge in [-0.05, 0) is 44.0 Å². The summed E-state index contributed by atoms with van der Waals surface area (Å²) in [5, 5.41) is 7.78. The Balaban J connectivity index is 1.62. The molecule has 2 heterocycles. The summed E-state index contributed by atoms with van der Waals surface area (Å²) < 4.78 is 3.30. The van der Waals surface area contributed by atoms with E-state index in [0.29, 0.717) is 29.3 Å². The van der Waals surface area contributed by atoms with E-state index in [4.69, 9.17) is 0 Å². The monoisotopic (exact) mass is 447 g/mol. The van der Waals surface area contributed by atoms with Crippen LogP contribution < -0.4 is 10.9 Å². The Hall–Kier alpha value is -3.39. The average Bonchev–Trinajstić information content (AvgIpc) is 3.19. The fourth-order valence-corrected chi connectivity index (χ4v) is 4.16. The molecule has 8 heteroatoms. The molecule has 0 unspecified atom stereocenters. The van der Waals surface area contributed by atoms with E-state index >= 15 is 0 Å². The van der Waals surface area contributed by atoms with Crippen LogP contribution in [0.1, 0.15) is 23.6 Å². The molecule has 0 fully saturated rings. The van der Waals surface area contributed by atoms with E-state index in [9.17, 15) is 9.59 Å². The number of carbonyl (C=O) groups is 1. The standard InChI is InChI=1S/C24H25N5O2S/c1-4-28-14-20-22(27-28)23(31)29(13-18-10-8-16(2)9-11-18)24(26-20)32-15-21(30)25-19-7-5-6-17(3)12-19/h5-12,14H,4,13,15H2,1-3H3,(H,25,30). The summed E-state index contributed by atoms with van der Waals surface area (Å²) in [5.41, 5.74) is 4.64. The number of rotatable bonds is 7. The lowest BCUT2D eigenvalue weighted by atomic mass is 10.1. The molecule has 7 nitrogen and oxygen atoms in total. The highest BCUT2D eigenvalue weighted by atomic mass is 32.2. The van der Waals surface area contributed by atoms with Crippen LogP contribution in [0.25, 0.3) is 11.0 Å². The van der Waals surface area contributed by atoms with Crippen molar-refractivity contribution in [2.45, 2.75) is 39.0 Å². The Bertz CT molecular complexity index is 1320. The van der Waals surface area contributed by atoms with Gasteiger partial charge in [0.2, 0.25) is 5.91 Å². The van der Waals surface area contributed by atoms with Gasteiger partial charge in [0.1, 0.15) is 5.52 Å². The average molecular weight is 448 g/mol. The highest BCUT2D eigenvalue weighted by Gasteiger charge is 2.16. The summed E-state index contributed by atoms with van der Waals surface area (Å²) in [5.74, 6) is -0.0112. The number of thioether (sulfide) groups is 1. The molecule has 4 rings (SSSR count). The highest BCUT2D eigenvalue weighted by Crippen LogP contribution is 2.20. The molecule has 0 saturated carbocycles. The van der Waals surface area contributed by atoms with Gasteiger partial charge in [0.15, 0.2) is 10.7 Å². The molecule has 164 valence electrons. The number of nitrogens with zero attached hydrogens (tertiary/aromatic N) is 4. The van der Waals surface area contributed by atoms with E-state index in [1.807, 2.05) is 69.3 Å². The zero-order valence-corrected chi connectivity index (χ0v) is 19.1. The van der Waals surface area contributed by atoms with Crippen LogP contribution >= 0.6 is 11.8 Å². The minimum Gasteiger partial charge on any atom is -0.325 e. The third-order valence-corrected chi connectivity index (χ3v) is 6.03. The Morgan fingerprint density at radius 3 is 2.59 bits per heavy atom. The van der Waals surface area contributed by atoms with Gasteiger partial charge in [-0.3, -0.25) is 18.8 Å². The molecule has 32 heavy (non-hydrogen) atoms. The Kier molecular flexibility index (Phi) is 6.41. The van der Waals surface area contributed by atoms with Crippen LogP contribution in [-0.2, 0) is 17.9 Å². The smallest absolute Gasteiger partial charge is 0.282 e. The van der Waals surface area contributed by atoms with Crippen LogP contribution in [0.2, 0.25) is 0 Å². The number of benzene rings is 2. The van der Waals surface area contributed by atoms with Crippen molar-refractivity contribution in [2.75, 3.05) is 11.1 Å². The number of nitrogens with one attached hydrogen (secondary N) is 1. The Labute approximate surface area is 190 Å². The number of fused-ring (bicyclic) bond motifs is 1. The van der Waals surface area contributed by atoms with E-state index in [1.54, 1.807) is 15.4 Å². The lowest BCUT2D eigenvalue weighted by Gasteiger charge is -2.12. The number of carbonyl (C=O) groups excluding carboxylic acids is 1. The zero-order chi connectivity index (χ0) is 22.7. The molecule has 1 amide bonds. The maximum atomic E-state index is 13.3. The van der Waals surface area contributed by atoms with Gasteiger partial charge in [0.25, 0.3) is 5.56 Å². The second-order valence-electron chi connectivity index (χ2n) is 7.70. The lowest BCUT2D eigenvalue weighted by molar-refractivity contribution is -0.113. The first-order valence-electron chi connectivity index (χ1n) is 10.5. The van der Waals surface area contributed by atoms with E-state index in [-0.39, 0.29) is 17.2 Å². The molecule has 4 aromatic rings. The quantitative estimate of drug-likeness (QED) is 0.342. The van der Waals surface area contributed by atoms with Crippen molar-refractivity contribution in [1.29, 1.82) is 0 Å². The highest BCUT2D eigenvalue weighted by molar-refractivity contribution is 7.99. The first-order valence-corrected chi connectivity index (χ1v) is 11.4. The normalized spacial score (nSPS) is 11.1. The van der Waals surface area contributed by atoms with Crippen molar-refractivity contribution < 1.29 is 4.79 Å². The van der Waals surface area contributed by atoms with Gasteiger partial charge in [-0.1, -0.05) is 53.7 Å². The summed E-state index contributed by atoms with van der Waals surface area (Å²) in [6.45, 7) is 6.97. The predicted octanol–water partition coefficient (Wildman–Crippen LogP) is 4.01. The summed E-state index contributed by atoms with van der Waals surface area (Å²) in [6.07, 6.45) is 1.77. The molecule has 0 aliphatic carbocycles. The number of aromatic nitrogens is 4. The third kappa shape index (κ3) is 4.91. The van der Waals surface area contributed by atoms with Gasteiger partial charge >= 0.3 is 0 Å². The number of aryl methyl sites for hydroxylation is 3. The van der Waals surface area contributed by atoms with Crippen LogP contribution in [0.15, 0.2) is 64.7 Å². The van der Waals surface area contributed by atoms with Crippen molar-refractivity contribution in [3.8, 4) is 0 Å². The van der Waals surface area contributed by atoms with Gasteiger partial charge in [-0.25, -0.2) is 4.98 Å². The number of amides is 1. The molecule has 0 bridgehead atoms. The van der Waals surface area contributed by atoms with Gasteiger partial charge in [-0.2, -0.15) is 5.10 Å². The first kappa shape index (κ1) is 21.8. The Morgan fingerprint density at radius 1 is 1.09 bits per heavy atom. The molecule has 0 saturated heterocycles. The summed E-state index contributed by atoms with van der Waals surface area (Å²) in [4.78, 5) is 30.5. The van der Waals surface area contributed by atoms with Crippen LogP contribution in [0.4, 0.5) is 5.69 Å². The fourth-order valence-electron chi connectivity index (χ4n) is 3.36. The van der Waals surface area contributed by atoms with Crippen LogP contribution in [0.5, 0.6) is 0 Å². The molecule has 0 radical (unpaired) electrons. The molecule has 2 aromatic carbocycles. The zero-order valence-electron chi connectivity index (χ0n) is 18.3.